The van der Waals surface area contributed by atoms with Crippen LogP contribution in [0.4, 0.5) is 0 Å². The summed E-state index contributed by atoms with van der Waals surface area (Å²) in [5.74, 6) is 0. The molecule has 2 rings (SSSR count). The smallest absolute Gasteiger partial charge is 0.101 e. The summed E-state index contributed by atoms with van der Waals surface area (Å²) < 4.78 is 1.72. The number of hydrogen-bond acceptors (Lipinski definition) is 2. The van der Waals surface area contributed by atoms with Crippen LogP contribution < -0.4 is 0 Å². The van der Waals surface area contributed by atoms with Gasteiger partial charge in [0.25, 0.3) is 0 Å². The molecule has 0 bridgehead atoms. The maximum atomic E-state index is 8.61. The van der Waals surface area contributed by atoms with Crippen LogP contribution in [0.25, 0.3) is 5.52 Å². The molecule has 3 nitrogen and oxygen atoms in total. The first-order valence-electron chi connectivity index (χ1n) is 3.65. The fourth-order valence-corrected chi connectivity index (χ4v) is 1.18. The SMILES string of the molecule is Cc1cnn2cc(C#N)ccc12. The Morgan fingerprint density at radius 1 is 1.50 bits per heavy atom. The van der Waals surface area contributed by atoms with Crippen molar-refractivity contribution in [2.75, 3.05) is 0 Å². The van der Waals surface area contributed by atoms with E-state index in [1.807, 2.05) is 13.0 Å². The van der Waals surface area contributed by atoms with Crippen molar-refractivity contribution >= 4 is 5.52 Å². The number of nitrogens with zero attached hydrogens (tertiary/aromatic N) is 3. The van der Waals surface area contributed by atoms with E-state index in [-0.39, 0.29) is 0 Å². The zero-order chi connectivity index (χ0) is 8.55. The lowest BCUT2D eigenvalue weighted by atomic mass is 10.2. The largest absolute Gasteiger partial charge is 0.239 e. The minimum Gasteiger partial charge on any atom is -0.239 e. The molecule has 0 aliphatic heterocycles. The summed E-state index contributed by atoms with van der Waals surface area (Å²) in [6, 6.07) is 5.77. The summed E-state index contributed by atoms with van der Waals surface area (Å²) in [6.45, 7) is 1.99. The summed E-state index contributed by atoms with van der Waals surface area (Å²) >= 11 is 0. The van der Waals surface area contributed by atoms with Crippen molar-refractivity contribution < 1.29 is 0 Å². The van der Waals surface area contributed by atoms with Gasteiger partial charge in [-0.05, 0) is 24.6 Å². The molecule has 0 aliphatic rings. The van der Waals surface area contributed by atoms with E-state index >= 15 is 0 Å². The predicted molar refractivity (Wildman–Crippen MR) is 44.6 cm³/mol. The molecule has 0 N–H and O–H groups in total. The van der Waals surface area contributed by atoms with Gasteiger partial charge in [0.15, 0.2) is 0 Å². The Morgan fingerprint density at radius 2 is 2.33 bits per heavy atom. The first-order valence-corrected chi connectivity index (χ1v) is 3.65. The molecule has 0 radical (unpaired) electrons. The topological polar surface area (TPSA) is 41.1 Å². The molecule has 0 atom stereocenters. The number of aryl methyl sites for hydroxylation is 1. The van der Waals surface area contributed by atoms with Gasteiger partial charge in [-0.3, -0.25) is 0 Å². The maximum absolute atomic E-state index is 8.61. The van der Waals surface area contributed by atoms with Crippen LogP contribution in [-0.4, -0.2) is 9.61 Å². The minimum atomic E-state index is 0.630. The van der Waals surface area contributed by atoms with Crippen LogP contribution in [0.1, 0.15) is 11.1 Å². The van der Waals surface area contributed by atoms with Gasteiger partial charge < -0.3 is 0 Å². The molecule has 0 unspecified atom stereocenters. The van der Waals surface area contributed by atoms with Gasteiger partial charge in [-0.2, -0.15) is 10.4 Å². The molecule has 2 aromatic rings. The number of aromatic nitrogens is 2. The van der Waals surface area contributed by atoms with Gasteiger partial charge >= 0.3 is 0 Å². The van der Waals surface area contributed by atoms with Crippen molar-refractivity contribution in [1.29, 1.82) is 5.26 Å². The van der Waals surface area contributed by atoms with Gasteiger partial charge in [0.1, 0.15) is 6.07 Å². The molecular formula is C9H7N3. The Morgan fingerprint density at radius 3 is 3.08 bits per heavy atom. The van der Waals surface area contributed by atoms with Crippen LogP contribution in [0, 0.1) is 18.3 Å². The van der Waals surface area contributed by atoms with Crippen LogP contribution in [0.15, 0.2) is 24.5 Å². The van der Waals surface area contributed by atoms with Crippen LogP contribution in [-0.2, 0) is 0 Å². The van der Waals surface area contributed by atoms with Gasteiger partial charge in [-0.25, -0.2) is 4.52 Å². The van der Waals surface area contributed by atoms with Crippen LogP contribution >= 0.6 is 0 Å². The van der Waals surface area contributed by atoms with Crippen molar-refractivity contribution in [2.24, 2.45) is 0 Å². The summed E-state index contributed by atoms with van der Waals surface area (Å²) in [7, 11) is 0. The molecule has 0 saturated carbocycles. The summed E-state index contributed by atoms with van der Waals surface area (Å²) in [5, 5.41) is 12.7. The Bertz CT molecular complexity index is 462. The van der Waals surface area contributed by atoms with Gasteiger partial charge in [0.2, 0.25) is 0 Å². The lowest BCUT2D eigenvalue weighted by molar-refractivity contribution is 0.957. The lowest BCUT2D eigenvalue weighted by Gasteiger charge is -1.93. The van der Waals surface area contributed by atoms with E-state index in [0.717, 1.165) is 11.1 Å². The van der Waals surface area contributed by atoms with Gasteiger partial charge in [0.05, 0.1) is 17.3 Å². The fraction of sp³-hybridized carbons (Fsp3) is 0.111. The highest BCUT2D eigenvalue weighted by molar-refractivity contribution is 5.54. The van der Waals surface area contributed by atoms with Crippen molar-refractivity contribution in [2.45, 2.75) is 6.92 Å². The molecule has 0 aromatic carbocycles. The number of fused-ring (bicyclic) bond motifs is 1. The summed E-state index contributed by atoms with van der Waals surface area (Å²) in [6.07, 6.45) is 3.51. The third-order valence-electron chi connectivity index (χ3n) is 1.84. The molecular weight excluding hydrogens is 150 g/mol. The highest BCUT2D eigenvalue weighted by atomic mass is 15.2. The maximum Gasteiger partial charge on any atom is 0.101 e. The molecule has 0 fully saturated rings. The third kappa shape index (κ3) is 0.857. The standard InChI is InChI=1S/C9H7N3/c1-7-5-11-12-6-8(4-10)2-3-9(7)12/h2-3,5-6H,1H3. The molecule has 3 heteroatoms. The Balaban J connectivity index is 2.80. The fourth-order valence-electron chi connectivity index (χ4n) is 1.18. The van der Waals surface area contributed by atoms with Crippen molar-refractivity contribution in [1.82, 2.24) is 9.61 Å². The van der Waals surface area contributed by atoms with E-state index in [9.17, 15) is 0 Å². The van der Waals surface area contributed by atoms with Crippen LogP contribution in [0.2, 0.25) is 0 Å². The Hall–Kier alpha value is -1.82. The first kappa shape index (κ1) is 6.86. The number of rotatable bonds is 0. The molecule has 0 aliphatic carbocycles. The quantitative estimate of drug-likeness (QED) is 0.581. The van der Waals surface area contributed by atoms with E-state index in [1.165, 1.54) is 0 Å². The monoisotopic (exact) mass is 157 g/mol. The predicted octanol–water partition coefficient (Wildman–Crippen LogP) is 1.51. The number of pyridine rings is 1. The number of hydrogen-bond donors (Lipinski definition) is 0. The van der Waals surface area contributed by atoms with E-state index < -0.39 is 0 Å². The normalized spacial score (nSPS) is 10.0. The highest BCUT2D eigenvalue weighted by Crippen LogP contribution is 2.09. The van der Waals surface area contributed by atoms with E-state index in [2.05, 4.69) is 11.2 Å². The summed E-state index contributed by atoms with van der Waals surface area (Å²) in [5.41, 5.74) is 2.80. The molecule has 2 aromatic heterocycles. The Kier molecular flexibility index (Phi) is 1.34. The zero-order valence-electron chi connectivity index (χ0n) is 6.65. The van der Waals surface area contributed by atoms with Gasteiger partial charge in [0, 0.05) is 6.20 Å². The second kappa shape index (κ2) is 2.35. The zero-order valence-corrected chi connectivity index (χ0v) is 6.65. The molecule has 0 spiro atoms. The molecule has 12 heavy (non-hydrogen) atoms. The van der Waals surface area contributed by atoms with Crippen molar-refractivity contribution in [3.8, 4) is 6.07 Å². The summed E-state index contributed by atoms with van der Waals surface area (Å²) in [4.78, 5) is 0. The lowest BCUT2D eigenvalue weighted by Crippen LogP contribution is -1.87. The third-order valence-corrected chi connectivity index (χ3v) is 1.84. The van der Waals surface area contributed by atoms with E-state index in [0.29, 0.717) is 5.56 Å². The second-order valence-electron chi connectivity index (χ2n) is 2.69. The van der Waals surface area contributed by atoms with Crippen LogP contribution in [0.5, 0.6) is 0 Å². The van der Waals surface area contributed by atoms with Gasteiger partial charge in [-0.1, -0.05) is 0 Å². The number of nitriles is 1. The van der Waals surface area contributed by atoms with E-state index in [1.54, 1.807) is 23.0 Å². The van der Waals surface area contributed by atoms with Crippen LogP contribution in [0.3, 0.4) is 0 Å². The van der Waals surface area contributed by atoms with E-state index in [4.69, 9.17) is 5.26 Å². The van der Waals surface area contributed by atoms with Crippen molar-refractivity contribution in [3.05, 3.63) is 35.7 Å². The average Bonchev–Trinajstić information content (AvgIpc) is 2.47. The molecule has 2 heterocycles. The second-order valence-corrected chi connectivity index (χ2v) is 2.69. The molecule has 58 valence electrons. The first-order chi connectivity index (χ1) is 5.81. The molecule has 0 saturated heterocycles. The highest BCUT2D eigenvalue weighted by Gasteiger charge is 1.98. The average molecular weight is 157 g/mol. The van der Waals surface area contributed by atoms with Crippen molar-refractivity contribution in [3.63, 3.8) is 0 Å². The Labute approximate surface area is 69.9 Å². The molecule has 0 amide bonds. The van der Waals surface area contributed by atoms with Gasteiger partial charge in [-0.15, -0.1) is 0 Å². The minimum absolute atomic E-state index is 0.630.